The summed E-state index contributed by atoms with van der Waals surface area (Å²) in [5.41, 5.74) is 2.10. The second kappa shape index (κ2) is 14.2. The zero-order valence-electron chi connectivity index (χ0n) is 26.8. The summed E-state index contributed by atoms with van der Waals surface area (Å²) in [5, 5.41) is 3.56. The van der Waals surface area contributed by atoms with Crippen molar-refractivity contribution >= 4 is 47.8 Å². The standard InChI is InChI=1S/C38H43Cl2NO3Si/c1-6-31(26-44-45(38(2,3)4,32-16-9-7-10-17-32)33-18-11-8-12-19-33)41-36(27-20-22-29(39)23-21-27)34(25-35(43-5)37(41)42)28-14-13-15-30(40)24-28/h7-24,31,34-36H,6,25-26H2,1-5H3/t31-,34?,35?,36+/m0/s1. The smallest absolute Gasteiger partial charge is 0.261 e. The van der Waals surface area contributed by atoms with Crippen LogP contribution in [0.1, 0.15) is 63.6 Å². The third-order valence-corrected chi connectivity index (χ3v) is 14.7. The molecule has 4 nitrogen and oxygen atoms in total. The molecule has 1 aliphatic rings. The van der Waals surface area contributed by atoms with Crippen molar-refractivity contribution in [2.45, 2.75) is 69.7 Å². The first-order valence-corrected chi connectivity index (χ1v) is 18.4. The lowest BCUT2D eigenvalue weighted by molar-refractivity contribution is -0.156. The molecule has 1 fully saturated rings. The third kappa shape index (κ3) is 6.79. The van der Waals surface area contributed by atoms with E-state index in [0.717, 1.165) is 11.1 Å². The number of rotatable bonds is 10. The highest BCUT2D eigenvalue weighted by Gasteiger charge is 2.52. The number of methoxy groups -OCH3 is 1. The van der Waals surface area contributed by atoms with Crippen molar-refractivity contribution < 1.29 is 14.0 Å². The number of benzene rings is 4. The number of likely N-dealkylation sites (tertiary alicyclic amines) is 1. The van der Waals surface area contributed by atoms with Gasteiger partial charge in [0.1, 0.15) is 6.10 Å². The van der Waals surface area contributed by atoms with E-state index in [9.17, 15) is 4.79 Å². The highest BCUT2D eigenvalue weighted by atomic mass is 35.5. The van der Waals surface area contributed by atoms with Gasteiger partial charge in [0.25, 0.3) is 14.2 Å². The fourth-order valence-electron chi connectivity index (χ4n) is 7.05. The summed E-state index contributed by atoms with van der Waals surface area (Å²) in [7, 11) is -1.22. The molecule has 0 saturated carbocycles. The molecule has 45 heavy (non-hydrogen) atoms. The summed E-state index contributed by atoms with van der Waals surface area (Å²) < 4.78 is 13.3. The van der Waals surface area contributed by atoms with Gasteiger partial charge in [0.05, 0.1) is 18.7 Å². The van der Waals surface area contributed by atoms with Gasteiger partial charge in [-0.25, -0.2) is 0 Å². The van der Waals surface area contributed by atoms with Crippen LogP contribution >= 0.6 is 23.2 Å². The van der Waals surface area contributed by atoms with E-state index in [2.05, 4.69) is 94.4 Å². The molecule has 5 rings (SSSR count). The van der Waals surface area contributed by atoms with Crippen molar-refractivity contribution in [3.63, 3.8) is 0 Å². The number of halogens is 2. The van der Waals surface area contributed by atoms with E-state index >= 15 is 0 Å². The summed E-state index contributed by atoms with van der Waals surface area (Å²) in [6, 6.07) is 36.6. The van der Waals surface area contributed by atoms with E-state index in [-0.39, 0.29) is 28.9 Å². The molecular weight excluding hydrogens is 617 g/mol. The van der Waals surface area contributed by atoms with Crippen LogP contribution in [-0.2, 0) is 14.0 Å². The molecule has 4 atom stereocenters. The zero-order valence-corrected chi connectivity index (χ0v) is 29.3. The lowest BCUT2D eigenvalue weighted by atomic mass is 9.78. The number of hydrogen-bond donors (Lipinski definition) is 0. The summed E-state index contributed by atoms with van der Waals surface area (Å²) in [4.78, 5) is 16.5. The number of carbonyl (C=O) groups excluding carboxylic acids is 1. The van der Waals surface area contributed by atoms with Crippen molar-refractivity contribution in [3.8, 4) is 0 Å². The van der Waals surface area contributed by atoms with Crippen molar-refractivity contribution in [2.24, 2.45) is 0 Å². The first-order valence-electron chi connectivity index (χ1n) is 15.7. The third-order valence-electron chi connectivity index (χ3n) is 9.23. The van der Waals surface area contributed by atoms with Crippen LogP contribution in [0.4, 0.5) is 0 Å². The molecule has 2 unspecified atom stereocenters. The Morgan fingerprint density at radius 1 is 0.822 bits per heavy atom. The Balaban J connectivity index is 1.62. The molecule has 0 spiro atoms. The molecule has 4 aromatic carbocycles. The number of piperidine rings is 1. The first kappa shape index (κ1) is 33.4. The lowest BCUT2D eigenvalue weighted by Gasteiger charge is -2.49. The van der Waals surface area contributed by atoms with E-state index in [1.165, 1.54) is 10.4 Å². The largest absolute Gasteiger partial charge is 0.405 e. The second-order valence-corrected chi connectivity index (χ2v) is 18.1. The minimum atomic E-state index is -2.84. The van der Waals surface area contributed by atoms with Crippen molar-refractivity contribution in [3.05, 3.63) is 130 Å². The van der Waals surface area contributed by atoms with Crippen LogP contribution in [0.5, 0.6) is 0 Å². The zero-order chi connectivity index (χ0) is 32.2. The summed E-state index contributed by atoms with van der Waals surface area (Å²) >= 11 is 12.9. The number of hydrogen-bond acceptors (Lipinski definition) is 3. The maximum absolute atomic E-state index is 14.4. The Morgan fingerprint density at radius 2 is 1.42 bits per heavy atom. The van der Waals surface area contributed by atoms with Crippen LogP contribution in [0.25, 0.3) is 0 Å². The van der Waals surface area contributed by atoms with E-state index in [4.69, 9.17) is 32.4 Å². The minimum Gasteiger partial charge on any atom is -0.405 e. The predicted octanol–water partition coefficient (Wildman–Crippen LogP) is 8.42. The van der Waals surface area contributed by atoms with Gasteiger partial charge >= 0.3 is 0 Å². The van der Waals surface area contributed by atoms with Crippen LogP contribution in [0.3, 0.4) is 0 Å². The van der Waals surface area contributed by atoms with Crippen LogP contribution in [-0.4, -0.2) is 45.0 Å². The number of amides is 1. The summed E-state index contributed by atoms with van der Waals surface area (Å²) in [6.07, 6.45) is 0.678. The van der Waals surface area contributed by atoms with Gasteiger partial charge in [-0.15, -0.1) is 0 Å². The molecule has 1 aliphatic heterocycles. The molecule has 0 radical (unpaired) electrons. The Labute approximate surface area is 279 Å². The van der Waals surface area contributed by atoms with Crippen LogP contribution in [0, 0.1) is 0 Å². The second-order valence-electron chi connectivity index (χ2n) is 12.9. The molecule has 7 heteroatoms. The Morgan fingerprint density at radius 3 is 1.93 bits per heavy atom. The fourth-order valence-corrected chi connectivity index (χ4v) is 12.0. The molecule has 0 N–H and O–H groups in total. The number of ether oxygens (including phenoxy) is 1. The first-order chi connectivity index (χ1) is 21.6. The Bertz CT molecular complexity index is 1520. The molecule has 1 saturated heterocycles. The average molecular weight is 661 g/mol. The van der Waals surface area contributed by atoms with Gasteiger partial charge in [-0.05, 0) is 63.6 Å². The molecule has 4 aromatic rings. The number of carbonyl (C=O) groups is 1. The SMILES string of the molecule is CC[C@@H](CO[Si](c1ccccc1)(c1ccccc1)C(C)(C)C)N1C(=O)C(OC)CC(c2cccc(Cl)c2)[C@H]1c1ccc(Cl)cc1. The van der Waals surface area contributed by atoms with E-state index in [1.54, 1.807) is 7.11 Å². The average Bonchev–Trinajstić information content (AvgIpc) is 3.04. The molecule has 236 valence electrons. The quantitative estimate of drug-likeness (QED) is 0.160. The Kier molecular flexibility index (Phi) is 10.6. The van der Waals surface area contributed by atoms with E-state index in [1.807, 2.05) is 47.4 Å². The highest BCUT2D eigenvalue weighted by Crippen LogP contribution is 2.46. The van der Waals surface area contributed by atoms with Gasteiger partial charge in [-0.3, -0.25) is 4.79 Å². The van der Waals surface area contributed by atoms with Gasteiger partial charge in [0, 0.05) is 23.1 Å². The van der Waals surface area contributed by atoms with E-state index in [0.29, 0.717) is 29.5 Å². The van der Waals surface area contributed by atoms with Crippen LogP contribution in [0.2, 0.25) is 15.1 Å². The maximum atomic E-state index is 14.4. The normalized spacial score (nSPS) is 19.8. The topological polar surface area (TPSA) is 38.8 Å². The molecule has 1 heterocycles. The van der Waals surface area contributed by atoms with Crippen molar-refractivity contribution in [1.29, 1.82) is 0 Å². The summed E-state index contributed by atoms with van der Waals surface area (Å²) in [5.74, 6) is -0.0666. The van der Waals surface area contributed by atoms with E-state index < -0.39 is 14.4 Å². The monoisotopic (exact) mass is 659 g/mol. The predicted molar refractivity (Wildman–Crippen MR) is 188 cm³/mol. The van der Waals surface area contributed by atoms with Gasteiger partial charge < -0.3 is 14.1 Å². The fraction of sp³-hybridized carbons (Fsp3) is 0.342. The van der Waals surface area contributed by atoms with Crippen molar-refractivity contribution in [2.75, 3.05) is 13.7 Å². The maximum Gasteiger partial charge on any atom is 0.261 e. The van der Waals surface area contributed by atoms with Gasteiger partial charge in [-0.1, -0.05) is 136 Å². The highest BCUT2D eigenvalue weighted by molar-refractivity contribution is 6.99. The van der Waals surface area contributed by atoms with Gasteiger partial charge in [0.2, 0.25) is 0 Å². The molecule has 0 aliphatic carbocycles. The number of nitrogens with zero attached hydrogens (tertiary/aromatic N) is 1. The van der Waals surface area contributed by atoms with Crippen molar-refractivity contribution in [1.82, 2.24) is 4.90 Å². The molecule has 0 aromatic heterocycles. The van der Waals surface area contributed by atoms with Crippen LogP contribution in [0.15, 0.2) is 109 Å². The lowest BCUT2D eigenvalue weighted by Crippen LogP contribution is -2.67. The molecule has 1 amide bonds. The van der Waals surface area contributed by atoms with Gasteiger partial charge in [-0.2, -0.15) is 0 Å². The minimum absolute atomic E-state index is 0.0198. The molecule has 0 bridgehead atoms. The Hall–Kier alpha value is -2.93. The van der Waals surface area contributed by atoms with Crippen LogP contribution < -0.4 is 10.4 Å². The molecular formula is C38H43Cl2NO3Si. The van der Waals surface area contributed by atoms with Gasteiger partial charge in [0.15, 0.2) is 0 Å². The summed E-state index contributed by atoms with van der Waals surface area (Å²) in [6.45, 7) is 9.35.